The van der Waals surface area contributed by atoms with Gasteiger partial charge in [-0.3, -0.25) is 4.98 Å². The van der Waals surface area contributed by atoms with Crippen molar-refractivity contribution in [3.63, 3.8) is 0 Å². The topological polar surface area (TPSA) is 42.3 Å². The fourth-order valence-electron chi connectivity index (χ4n) is 5.02. The average Bonchev–Trinajstić information content (AvgIpc) is 3.39. The lowest BCUT2D eigenvalue weighted by Crippen LogP contribution is -2.29. The van der Waals surface area contributed by atoms with Gasteiger partial charge in [-0.25, -0.2) is 0 Å². The highest BCUT2D eigenvalue weighted by atomic mass is 32.1. The van der Waals surface area contributed by atoms with E-state index in [0.717, 1.165) is 34.4 Å². The van der Waals surface area contributed by atoms with Gasteiger partial charge in [0.05, 0.1) is 30.5 Å². The normalized spacial score (nSPS) is 17.7. The van der Waals surface area contributed by atoms with E-state index in [1.54, 1.807) is 19.4 Å². The molecule has 1 aliphatic heterocycles. The predicted molar refractivity (Wildman–Crippen MR) is 141 cm³/mol. The molecule has 190 valence electrons. The zero-order valence-corrected chi connectivity index (χ0v) is 21.3. The molecule has 0 spiro atoms. The number of aromatic nitrogens is 2. The lowest BCUT2D eigenvalue weighted by Gasteiger charge is -2.28. The molecule has 2 aromatic carbocycles. The van der Waals surface area contributed by atoms with Crippen LogP contribution in [0.3, 0.4) is 0 Å². The predicted octanol–water partition coefficient (Wildman–Crippen LogP) is 6.69. The summed E-state index contributed by atoms with van der Waals surface area (Å²) in [6, 6.07) is 20.1. The summed E-state index contributed by atoms with van der Waals surface area (Å²) in [7, 11) is 1.61. The van der Waals surface area contributed by atoms with Crippen LogP contribution in [0.25, 0.3) is 5.69 Å². The van der Waals surface area contributed by atoms with Gasteiger partial charge in [0.1, 0.15) is 5.75 Å². The first-order chi connectivity index (χ1) is 17.7. The molecule has 0 amide bonds. The Balaban J connectivity index is 1.67. The van der Waals surface area contributed by atoms with Gasteiger partial charge in [0, 0.05) is 35.0 Å². The number of halogens is 3. The van der Waals surface area contributed by atoms with Gasteiger partial charge in [-0.1, -0.05) is 18.2 Å². The van der Waals surface area contributed by atoms with Gasteiger partial charge in [0.15, 0.2) is 5.11 Å². The first kappa shape index (κ1) is 24.8. The quantitative estimate of drug-likeness (QED) is 0.296. The Morgan fingerprint density at radius 2 is 1.70 bits per heavy atom. The highest BCUT2D eigenvalue weighted by Crippen LogP contribution is 2.44. The molecule has 3 heterocycles. The highest BCUT2D eigenvalue weighted by molar-refractivity contribution is 7.80. The van der Waals surface area contributed by atoms with Crippen molar-refractivity contribution in [2.45, 2.75) is 32.1 Å². The molecule has 4 aromatic rings. The molecule has 2 aromatic heterocycles. The van der Waals surface area contributed by atoms with Crippen LogP contribution in [-0.2, 0) is 6.18 Å². The molecule has 0 radical (unpaired) electrons. The fraction of sp³-hybridized carbons (Fsp3) is 0.214. The zero-order chi connectivity index (χ0) is 26.3. The van der Waals surface area contributed by atoms with Crippen LogP contribution < -0.4 is 15.0 Å². The van der Waals surface area contributed by atoms with E-state index in [-0.39, 0.29) is 12.1 Å². The van der Waals surface area contributed by atoms with Crippen molar-refractivity contribution in [2.75, 3.05) is 12.0 Å². The third-order valence-electron chi connectivity index (χ3n) is 6.65. The van der Waals surface area contributed by atoms with Crippen molar-refractivity contribution in [1.29, 1.82) is 0 Å². The molecule has 0 aliphatic carbocycles. The molecule has 0 bridgehead atoms. The SMILES string of the molecule is COc1cccc(N2C(=S)N[C@H](c3ccccn3)[C@H]2c2cc(C)n(-c3cccc(C(F)(F)F)c3)c2C)c1. The Kier molecular flexibility index (Phi) is 6.41. The minimum atomic E-state index is -4.43. The number of nitrogens with zero attached hydrogens (tertiary/aromatic N) is 3. The van der Waals surface area contributed by atoms with Crippen molar-refractivity contribution >= 4 is 23.0 Å². The largest absolute Gasteiger partial charge is 0.497 e. The van der Waals surface area contributed by atoms with Crippen molar-refractivity contribution in [2.24, 2.45) is 0 Å². The number of rotatable bonds is 5. The average molecular weight is 523 g/mol. The summed E-state index contributed by atoms with van der Waals surface area (Å²) < 4.78 is 47.7. The van der Waals surface area contributed by atoms with Gasteiger partial charge in [-0.2, -0.15) is 13.2 Å². The third-order valence-corrected chi connectivity index (χ3v) is 6.96. The number of ether oxygens (including phenoxy) is 1. The van der Waals surface area contributed by atoms with Crippen LogP contribution in [0, 0.1) is 13.8 Å². The van der Waals surface area contributed by atoms with E-state index in [1.807, 2.05) is 71.8 Å². The molecule has 0 saturated carbocycles. The Bertz CT molecular complexity index is 1450. The van der Waals surface area contributed by atoms with E-state index in [4.69, 9.17) is 17.0 Å². The molecular formula is C28H25F3N4OS. The number of hydrogen-bond acceptors (Lipinski definition) is 3. The zero-order valence-electron chi connectivity index (χ0n) is 20.5. The second kappa shape index (κ2) is 9.55. The first-order valence-corrected chi connectivity index (χ1v) is 12.1. The van der Waals surface area contributed by atoms with E-state index in [1.165, 1.54) is 12.1 Å². The Morgan fingerprint density at radius 1 is 0.946 bits per heavy atom. The van der Waals surface area contributed by atoms with Gasteiger partial charge < -0.3 is 19.5 Å². The summed E-state index contributed by atoms with van der Waals surface area (Å²) in [6.07, 6.45) is -2.69. The summed E-state index contributed by atoms with van der Waals surface area (Å²) >= 11 is 5.80. The second-order valence-electron chi connectivity index (χ2n) is 8.91. The second-order valence-corrected chi connectivity index (χ2v) is 9.29. The highest BCUT2D eigenvalue weighted by Gasteiger charge is 2.42. The van der Waals surface area contributed by atoms with Crippen molar-refractivity contribution in [3.05, 3.63) is 107 Å². The first-order valence-electron chi connectivity index (χ1n) is 11.7. The summed E-state index contributed by atoms with van der Waals surface area (Å²) in [5, 5.41) is 3.95. The molecule has 5 rings (SSSR count). The van der Waals surface area contributed by atoms with Crippen LogP contribution in [0.15, 0.2) is 79.0 Å². The lowest BCUT2D eigenvalue weighted by atomic mass is 9.96. The maximum absolute atomic E-state index is 13.5. The van der Waals surface area contributed by atoms with Crippen LogP contribution in [-0.4, -0.2) is 21.8 Å². The molecule has 2 atom stereocenters. The van der Waals surface area contributed by atoms with Gasteiger partial charge >= 0.3 is 6.18 Å². The van der Waals surface area contributed by atoms with E-state index in [2.05, 4.69) is 10.3 Å². The van der Waals surface area contributed by atoms with Gasteiger partial charge in [0.2, 0.25) is 0 Å². The van der Waals surface area contributed by atoms with Crippen LogP contribution in [0.1, 0.15) is 40.3 Å². The van der Waals surface area contributed by atoms with E-state index in [0.29, 0.717) is 16.5 Å². The molecule has 1 aliphatic rings. The minimum absolute atomic E-state index is 0.282. The number of benzene rings is 2. The molecule has 1 saturated heterocycles. The third kappa shape index (κ3) is 4.55. The van der Waals surface area contributed by atoms with E-state index in [9.17, 15) is 13.2 Å². The molecule has 9 heteroatoms. The lowest BCUT2D eigenvalue weighted by molar-refractivity contribution is -0.137. The number of pyridine rings is 1. The number of hydrogen-bond donors (Lipinski definition) is 1. The van der Waals surface area contributed by atoms with Crippen LogP contribution in [0.4, 0.5) is 18.9 Å². The van der Waals surface area contributed by atoms with Crippen LogP contribution in [0.2, 0.25) is 0 Å². The fourth-order valence-corrected chi connectivity index (χ4v) is 5.36. The van der Waals surface area contributed by atoms with E-state index >= 15 is 0 Å². The number of aryl methyl sites for hydroxylation is 1. The molecule has 1 N–H and O–H groups in total. The molecule has 1 fully saturated rings. The van der Waals surface area contributed by atoms with Crippen LogP contribution >= 0.6 is 12.2 Å². The van der Waals surface area contributed by atoms with Gasteiger partial charge in [0.25, 0.3) is 0 Å². The number of thiocarbonyl (C=S) groups is 1. The molecule has 37 heavy (non-hydrogen) atoms. The Morgan fingerprint density at radius 3 is 2.41 bits per heavy atom. The monoisotopic (exact) mass is 522 g/mol. The Hall–Kier alpha value is -3.85. The number of anilines is 1. The maximum Gasteiger partial charge on any atom is 0.416 e. The van der Waals surface area contributed by atoms with Gasteiger partial charge in [-0.05, 0) is 80.2 Å². The number of alkyl halides is 3. The van der Waals surface area contributed by atoms with Gasteiger partial charge in [-0.15, -0.1) is 0 Å². The number of methoxy groups -OCH3 is 1. The van der Waals surface area contributed by atoms with E-state index < -0.39 is 11.7 Å². The Labute approximate surface area is 218 Å². The van der Waals surface area contributed by atoms with Crippen LogP contribution in [0.5, 0.6) is 5.75 Å². The summed E-state index contributed by atoms with van der Waals surface area (Å²) in [5.74, 6) is 0.690. The van der Waals surface area contributed by atoms with Crippen molar-refractivity contribution in [3.8, 4) is 11.4 Å². The van der Waals surface area contributed by atoms with Crippen molar-refractivity contribution < 1.29 is 17.9 Å². The summed E-state index contributed by atoms with van der Waals surface area (Å²) in [4.78, 5) is 6.61. The molecule has 0 unspecified atom stereocenters. The summed E-state index contributed by atoms with van der Waals surface area (Å²) in [5.41, 5.74) is 3.98. The molecule has 5 nitrogen and oxygen atoms in total. The number of nitrogens with one attached hydrogen (secondary N) is 1. The smallest absolute Gasteiger partial charge is 0.416 e. The standard InChI is InChI=1S/C28H25F3N4OS/c1-17-14-23(18(2)34(17)20-9-6-8-19(15-20)28(29,30)31)26-25(24-12-4-5-13-32-24)33-27(37)35(26)21-10-7-11-22(16-21)36-3/h4-16,25-26H,1-3H3,(H,33,37)/t25-,26-/m1/s1. The van der Waals surface area contributed by atoms with Crippen molar-refractivity contribution in [1.82, 2.24) is 14.9 Å². The minimum Gasteiger partial charge on any atom is -0.497 e. The molecular weight excluding hydrogens is 497 g/mol. The maximum atomic E-state index is 13.5. The summed E-state index contributed by atoms with van der Waals surface area (Å²) in [6.45, 7) is 3.81.